The average molecular weight is 637 g/mol. The molecule has 0 amide bonds. The third-order valence-corrected chi connectivity index (χ3v) is 9.65. The zero-order valence-corrected chi connectivity index (χ0v) is 27.4. The van der Waals surface area contributed by atoms with Crippen molar-refractivity contribution in [2.75, 3.05) is 0 Å². The smallest absolute Gasteiger partial charge is 0.0965 e. The summed E-state index contributed by atoms with van der Waals surface area (Å²) < 4.78 is 0. The number of hydrogen-bond donors (Lipinski definition) is 0. The third-order valence-electron chi connectivity index (χ3n) is 9.65. The van der Waals surface area contributed by atoms with Crippen LogP contribution in [-0.4, -0.2) is 9.97 Å². The van der Waals surface area contributed by atoms with Gasteiger partial charge in [0.2, 0.25) is 0 Å². The molecule has 0 aliphatic carbocycles. The van der Waals surface area contributed by atoms with Crippen molar-refractivity contribution in [3.05, 3.63) is 194 Å². The van der Waals surface area contributed by atoms with Gasteiger partial charge in [-0.3, -0.25) is 9.97 Å². The lowest BCUT2D eigenvalue weighted by Gasteiger charge is -2.11. The number of fused-ring (bicyclic) bond motifs is 2. The van der Waals surface area contributed by atoms with Gasteiger partial charge in [0.05, 0.1) is 11.4 Å². The minimum Gasteiger partial charge on any atom is -0.252 e. The van der Waals surface area contributed by atoms with E-state index < -0.39 is 0 Å². The van der Waals surface area contributed by atoms with Crippen LogP contribution in [0.5, 0.6) is 0 Å². The fourth-order valence-corrected chi connectivity index (χ4v) is 7.04. The summed E-state index contributed by atoms with van der Waals surface area (Å²) in [6.07, 6.45) is 3.54. The van der Waals surface area contributed by atoms with Crippen molar-refractivity contribution in [1.29, 1.82) is 0 Å². The minimum absolute atomic E-state index is 0.873. The number of aromatic nitrogens is 2. The molecule has 0 saturated carbocycles. The number of nitrogens with zero attached hydrogens (tertiary/aromatic N) is 2. The molecule has 2 heteroatoms. The molecule has 0 radical (unpaired) electrons. The van der Waals surface area contributed by atoms with Crippen LogP contribution in [-0.2, 0) is 0 Å². The van der Waals surface area contributed by atoms with Gasteiger partial charge in [-0.1, -0.05) is 182 Å². The lowest BCUT2D eigenvalue weighted by atomic mass is 9.95. The standard InChI is InChI=1S/C48H32N2/c1-3-11-43-37(7-1)9-5-13-45(43)39-23-15-33(16-24-39)35-19-27-41(28-20-35)47-48(50-32-31-49-47)42-29-21-36(22-30-42)34-17-25-40(26-18-34)46-14-6-10-38-8-2-4-12-44(38)46/h1-32H. The first kappa shape index (κ1) is 29.5. The molecule has 0 atom stereocenters. The molecule has 50 heavy (non-hydrogen) atoms. The van der Waals surface area contributed by atoms with E-state index in [4.69, 9.17) is 9.97 Å². The van der Waals surface area contributed by atoms with Crippen LogP contribution in [0, 0.1) is 0 Å². The van der Waals surface area contributed by atoms with E-state index in [1.54, 1.807) is 12.4 Å². The number of rotatable bonds is 6. The normalized spacial score (nSPS) is 11.2. The molecule has 0 aliphatic rings. The highest BCUT2D eigenvalue weighted by Gasteiger charge is 2.12. The van der Waals surface area contributed by atoms with Gasteiger partial charge in [-0.2, -0.15) is 0 Å². The maximum Gasteiger partial charge on any atom is 0.0965 e. The number of benzene rings is 8. The van der Waals surface area contributed by atoms with Crippen LogP contribution >= 0.6 is 0 Å². The Morgan fingerprint density at radius 2 is 0.540 bits per heavy atom. The van der Waals surface area contributed by atoms with E-state index in [-0.39, 0.29) is 0 Å². The molecule has 0 aliphatic heterocycles. The van der Waals surface area contributed by atoms with E-state index >= 15 is 0 Å². The van der Waals surface area contributed by atoms with E-state index in [1.807, 2.05) is 0 Å². The SMILES string of the molecule is c1ccc2c(-c3ccc(-c4ccc(-c5nccnc5-c5ccc(-c6ccc(-c7cccc8ccccc78)cc6)cc5)cc4)cc3)cccc2c1. The summed E-state index contributed by atoms with van der Waals surface area (Å²) in [5.74, 6) is 0. The van der Waals surface area contributed by atoms with Crippen LogP contribution in [0.3, 0.4) is 0 Å². The Hall–Kier alpha value is -6.64. The summed E-state index contributed by atoms with van der Waals surface area (Å²) in [4.78, 5) is 9.55. The van der Waals surface area contributed by atoms with Crippen molar-refractivity contribution in [2.45, 2.75) is 0 Å². The highest BCUT2D eigenvalue weighted by atomic mass is 14.8. The van der Waals surface area contributed by atoms with Gasteiger partial charge in [-0.05, 0) is 66.1 Å². The van der Waals surface area contributed by atoms with E-state index in [0.29, 0.717) is 0 Å². The maximum absolute atomic E-state index is 4.78. The zero-order chi connectivity index (χ0) is 33.3. The van der Waals surface area contributed by atoms with Crippen molar-refractivity contribution in [3.8, 4) is 67.0 Å². The molecule has 0 unspecified atom stereocenters. The maximum atomic E-state index is 4.78. The van der Waals surface area contributed by atoms with E-state index in [9.17, 15) is 0 Å². The third kappa shape index (κ3) is 5.53. The van der Waals surface area contributed by atoms with Crippen LogP contribution in [0.2, 0.25) is 0 Å². The van der Waals surface area contributed by atoms with Crippen molar-refractivity contribution in [3.63, 3.8) is 0 Å². The Bertz CT molecular complexity index is 2410. The van der Waals surface area contributed by atoms with Gasteiger partial charge < -0.3 is 0 Å². The summed E-state index contributed by atoms with van der Waals surface area (Å²) in [5.41, 5.74) is 13.5. The van der Waals surface area contributed by atoms with Crippen LogP contribution in [0.25, 0.3) is 88.6 Å². The van der Waals surface area contributed by atoms with E-state index in [2.05, 4.69) is 182 Å². The first-order chi connectivity index (χ1) is 24.8. The molecule has 0 bridgehead atoms. The predicted octanol–water partition coefficient (Wildman–Crippen LogP) is 12.8. The van der Waals surface area contributed by atoms with E-state index in [1.165, 1.54) is 66.1 Å². The second kappa shape index (κ2) is 12.8. The lowest BCUT2D eigenvalue weighted by Crippen LogP contribution is -1.92. The second-order valence-electron chi connectivity index (χ2n) is 12.6. The Balaban J connectivity index is 0.950. The highest BCUT2D eigenvalue weighted by molar-refractivity contribution is 5.98. The quantitative estimate of drug-likeness (QED) is 0.181. The van der Waals surface area contributed by atoms with Crippen molar-refractivity contribution in [1.82, 2.24) is 9.97 Å². The molecule has 2 nitrogen and oxygen atoms in total. The minimum atomic E-state index is 0.873. The average Bonchev–Trinajstić information content (AvgIpc) is 3.21. The van der Waals surface area contributed by atoms with Gasteiger partial charge in [0, 0.05) is 23.5 Å². The van der Waals surface area contributed by atoms with Crippen LogP contribution < -0.4 is 0 Å². The summed E-state index contributed by atoms with van der Waals surface area (Å²) in [5, 5.41) is 5.06. The Kier molecular flexibility index (Phi) is 7.53. The molecule has 1 aromatic heterocycles. The molecule has 9 rings (SSSR count). The van der Waals surface area contributed by atoms with Gasteiger partial charge in [-0.15, -0.1) is 0 Å². The second-order valence-corrected chi connectivity index (χ2v) is 12.6. The molecule has 0 spiro atoms. The molecule has 1 heterocycles. The fraction of sp³-hybridized carbons (Fsp3) is 0. The van der Waals surface area contributed by atoms with Crippen LogP contribution in [0.15, 0.2) is 194 Å². The molecular weight excluding hydrogens is 605 g/mol. The van der Waals surface area contributed by atoms with Gasteiger partial charge in [-0.25, -0.2) is 0 Å². The first-order valence-corrected chi connectivity index (χ1v) is 17.0. The fourth-order valence-electron chi connectivity index (χ4n) is 7.04. The topological polar surface area (TPSA) is 25.8 Å². The largest absolute Gasteiger partial charge is 0.252 e. The van der Waals surface area contributed by atoms with Gasteiger partial charge in [0.15, 0.2) is 0 Å². The van der Waals surface area contributed by atoms with Crippen LogP contribution in [0.1, 0.15) is 0 Å². The van der Waals surface area contributed by atoms with Crippen LogP contribution in [0.4, 0.5) is 0 Å². The number of hydrogen-bond acceptors (Lipinski definition) is 2. The molecule has 0 fully saturated rings. The lowest BCUT2D eigenvalue weighted by molar-refractivity contribution is 1.21. The molecule has 8 aromatic carbocycles. The molecular formula is C48H32N2. The molecule has 9 aromatic rings. The summed E-state index contributed by atoms with van der Waals surface area (Å²) in [6.45, 7) is 0. The van der Waals surface area contributed by atoms with Crippen molar-refractivity contribution in [2.24, 2.45) is 0 Å². The predicted molar refractivity (Wildman–Crippen MR) is 210 cm³/mol. The molecule has 0 saturated heterocycles. The summed E-state index contributed by atoms with van der Waals surface area (Å²) >= 11 is 0. The Morgan fingerprint density at radius 3 is 0.920 bits per heavy atom. The highest BCUT2D eigenvalue weighted by Crippen LogP contribution is 2.35. The summed E-state index contributed by atoms with van der Waals surface area (Å²) in [7, 11) is 0. The van der Waals surface area contributed by atoms with Crippen molar-refractivity contribution >= 4 is 21.5 Å². The summed E-state index contributed by atoms with van der Waals surface area (Å²) in [6, 6.07) is 65.1. The van der Waals surface area contributed by atoms with Gasteiger partial charge in [0.1, 0.15) is 0 Å². The first-order valence-electron chi connectivity index (χ1n) is 17.0. The molecule has 0 N–H and O–H groups in total. The van der Waals surface area contributed by atoms with Gasteiger partial charge >= 0.3 is 0 Å². The van der Waals surface area contributed by atoms with Gasteiger partial charge in [0.25, 0.3) is 0 Å². The Morgan fingerprint density at radius 1 is 0.240 bits per heavy atom. The molecule has 234 valence electrons. The Labute approximate surface area is 292 Å². The monoisotopic (exact) mass is 636 g/mol. The zero-order valence-electron chi connectivity index (χ0n) is 27.4. The van der Waals surface area contributed by atoms with E-state index in [0.717, 1.165) is 22.5 Å². The van der Waals surface area contributed by atoms with Crippen molar-refractivity contribution < 1.29 is 0 Å².